The van der Waals surface area contributed by atoms with Crippen LogP contribution in [0.15, 0.2) is 42.7 Å². The van der Waals surface area contributed by atoms with Gasteiger partial charge in [-0.15, -0.1) is 0 Å². The van der Waals surface area contributed by atoms with Crippen LogP contribution in [-0.2, 0) is 6.54 Å². The highest BCUT2D eigenvalue weighted by molar-refractivity contribution is 5.51. The average Bonchev–Trinajstić information content (AvgIpc) is 2.93. The second-order valence-electron chi connectivity index (χ2n) is 6.55. The molecule has 5 heteroatoms. The summed E-state index contributed by atoms with van der Waals surface area (Å²) in [5, 5.41) is 4.59. The zero-order valence-corrected chi connectivity index (χ0v) is 13.8. The molecule has 1 aliphatic rings. The Bertz CT molecular complexity index is 857. The first kappa shape index (κ1) is 15.3. The Morgan fingerprint density at radius 3 is 3.00 bits per heavy atom. The Hall–Kier alpha value is -2.27. The van der Waals surface area contributed by atoms with E-state index in [1.807, 2.05) is 35.1 Å². The lowest BCUT2D eigenvalue weighted by atomic mass is 9.90. The highest BCUT2D eigenvalue weighted by atomic mass is 19.1. The molecule has 0 bridgehead atoms. The monoisotopic (exact) mass is 324 g/mol. The molecule has 24 heavy (non-hydrogen) atoms. The van der Waals surface area contributed by atoms with Crippen LogP contribution in [-0.4, -0.2) is 32.6 Å². The Balaban J connectivity index is 1.58. The molecule has 0 amide bonds. The molecule has 0 saturated carbocycles. The van der Waals surface area contributed by atoms with Gasteiger partial charge in [0.05, 0.1) is 5.69 Å². The fourth-order valence-electron chi connectivity index (χ4n) is 3.79. The maximum absolute atomic E-state index is 13.9. The van der Waals surface area contributed by atoms with Crippen molar-refractivity contribution in [1.29, 1.82) is 0 Å². The van der Waals surface area contributed by atoms with Crippen molar-refractivity contribution >= 4 is 5.65 Å². The van der Waals surface area contributed by atoms with E-state index in [4.69, 9.17) is 0 Å². The summed E-state index contributed by atoms with van der Waals surface area (Å²) in [7, 11) is 0. The number of rotatable bonds is 3. The quantitative estimate of drug-likeness (QED) is 0.739. The molecule has 1 unspecified atom stereocenters. The van der Waals surface area contributed by atoms with E-state index in [9.17, 15) is 4.39 Å². The van der Waals surface area contributed by atoms with Crippen molar-refractivity contribution in [3.8, 4) is 0 Å². The van der Waals surface area contributed by atoms with Crippen LogP contribution in [0.3, 0.4) is 0 Å². The molecule has 0 aliphatic carbocycles. The van der Waals surface area contributed by atoms with Gasteiger partial charge in [0.15, 0.2) is 5.65 Å². The van der Waals surface area contributed by atoms with E-state index < -0.39 is 0 Å². The van der Waals surface area contributed by atoms with Gasteiger partial charge < -0.3 is 0 Å². The van der Waals surface area contributed by atoms with Crippen LogP contribution in [0.4, 0.5) is 4.39 Å². The molecule has 3 heterocycles. The third-order valence-electron chi connectivity index (χ3n) is 4.88. The van der Waals surface area contributed by atoms with Gasteiger partial charge in [-0.2, -0.15) is 5.10 Å². The number of nitrogens with zero attached hydrogens (tertiary/aromatic N) is 4. The predicted octanol–water partition coefficient (Wildman–Crippen LogP) is 3.56. The van der Waals surface area contributed by atoms with Crippen LogP contribution in [0.1, 0.15) is 35.6 Å². The summed E-state index contributed by atoms with van der Waals surface area (Å²) in [6, 6.07) is 8.96. The minimum atomic E-state index is -0.117. The summed E-state index contributed by atoms with van der Waals surface area (Å²) in [5.74, 6) is 0.284. The van der Waals surface area contributed by atoms with E-state index in [1.54, 1.807) is 6.07 Å². The predicted molar refractivity (Wildman–Crippen MR) is 91.4 cm³/mol. The highest BCUT2D eigenvalue weighted by Crippen LogP contribution is 2.32. The molecule has 0 radical (unpaired) electrons. The smallest absolute Gasteiger partial charge is 0.158 e. The van der Waals surface area contributed by atoms with Crippen molar-refractivity contribution < 1.29 is 4.39 Å². The third-order valence-corrected chi connectivity index (χ3v) is 4.88. The van der Waals surface area contributed by atoms with E-state index in [1.165, 1.54) is 11.6 Å². The van der Waals surface area contributed by atoms with Crippen LogP contribution in [0.25, 0.3) is 5.65 Å². The lowest BCUT2D eigenvalue weighted by Gasteiger charge is -2.32. The van der Waals surface area contributed by atoms with Crippen LogP contribution in [0.2, 0.25) is 0 Å². The van der Waals surface area contributed by atoms with E-state index in [-0.39, 0.29) is 5.82 Å². The molecule has 124 valence electrons. The lowest BCUT2D eigenvalue weighted by Crippen LogP contribution is -2.34. The summed E-state index contributed by atoms with van der Waals surface area (Å²) in [5.41, 5.74) is 4.01. The van der Waals surface area contributed by atoms with Gasteiger partial charge in [-0.3, -0.25) is 4.90 Å². The molecule has 1 fully saturated rings. The highest BCUT2D eigenvalue weighted by Gasteiger charge is 2.26. The maximum atomic E-state index is 13.9. The number of aryl methyl sites for hydroxylation is 1. The summed E-state index contributed by atoms with van der Waals surface area (Å²) in [4.78, 5) is 6.87. The summed E-state index contributed by atoms with van der Waals surface area (Å²) in [6.07, 6.45) is 6.01. The first-order chi connectivity index (χ1) is 11.7. The van der Waals surface area contributed by atoms with E-state index in [0.29, 0.717) is 12.5 Å². The van der Waals surface area contributed by atoms with E-state index in [2.05, 4.69) is 21.9 Å². The lowest BCUT2D eigenvalue weighted by molar-refractivity contribution is 0.198. The molecular formula is C19H21FN4. The van der Waals surface area contributed by atoms with Gasteiger partial charge in [-0.05, 0) is 38.4 Å². The van der Waals surface area contributed by atoms with Crippen molar-refractivity contribution in [3.63, 3.8) is 0 Å². The first-order valence-corrected chi connectivity index (χ1v) is 8.48. The normalized spacial score (nSPS) is 19.0. The van der Waals surface area contributed by atoms with Crippen molar-refractivity contribution in [2.75, 3.05) is 13.1 Å². The first-order valence-electron chi connectivity index (χ1n) is 8.48. The Morgan fingerprint density at radius 2 is 2.12 bits per heavy atom. The molecule has 4 rings (SSSR count). The molecule has 1 aliphatic heterocycles. The van der Waals surface area contributed by atoms with Crippen LogP contribution in [0, 0.1) is 12.7 Å². The van der Waals surface area contributed by atoms with Crippen molar-refractivity contribution in [3.05, 3.63) is 65.4 Å². The van der Waals surface area contributed by atoms with Gasteiger partial charge in [0, 0.05) is 42.5 Å². The molecular weight excluding hydrogens is 303 g/mol. The van der Waals surface area contributed by atoms with Crippen molar-refractivity contribution in [2.24, 2.45) is 0 Å². The maximum Gasteiger partial charge on any atom is 0.158 e. The Kier molecular flexibility index (Phi) is 4.02. The van der Waals surface area contributed by atoms with Crippen LogP contribution < -0.4 is 0 Å². The van der Waals surface area contributed by atoms with E-state index in [0.717, 1.165) is 42.8 Å². The number of fused-ring (bicyclic) bond motifs is 1. The van der Waals surface area contributed by atoms with Gasteiger partial charge >= 0.3 is 0 Å². The second-order valence-corrected chi connectivity index (χ2v) is 6.55. The third kappa shape index (κ3) is 2.80. The molecule has 1 aromatic carbocycles. The van der Waals surface area contributed by atoms with Crippen molar-refractivity contribution in [2.45, 2.75) is 32.2 Å². The molecule has 1 saturated heterocycles. The Morgan fingerprint density at radius 1 is 1.25 bits per heavy atom. The van der Waals surface area contributed by atoms with Gasteiger partial charge in [0.25, 0.3) is 0 Å². The Labute approximate surface area is 140 Å². The minimum Gasteiger partial charge on any atom is -0.298 e. The standard InChI is InChI=1S/C19H21FN4/c1-14-18(19-21-9-5-11-24(19)22-14)16-7-4-10-23(13-16)12-15-6-2-3-8-17(15)20/h2-3,5-6,8-9,11,16H,4,7,10,12-13H2,1H3. The molecule has 0 spiro atoms. The van der Waals surface area contributed by atoms with Crippen molar-refractivity contribution in [1.82, 2.24) is 19.5 Å². The van der Waals surface area contributed by atoms with Gasteiger partial charge in [0.1, 0.15) is 5.82 Å². The van der Waals surface area contributed by atoms with Crippen LogP contribution in [0.5, 0.6) is 0 Å². The number of halogens is 1. The molecule has 4 nitrogen and oxygen atoms in total. The number of aromatic nitrogens is 3. The van der Waals surface area contributed by atoms with Gasteiger partial charge in [-0.25, -0.2) is 13.9 Å². The zero-order chi connectivity index (χ0) is 16.5. The minimum absolute atomic E-state index is 0.117. The SMILES string of the molecule is Cc1nn2cccnc2c1C1CCCN(Cc2ccccc2F)C1. The number of benzene rings is 1. The van der Waals surface area contributed by atoms with Gasteiger partial charge in [-0.1, -0.05) is 18.2 Å². The van der Waals surface area contributed by atoms with E-state index >= 15 is 0 Å². The number of hydrogen-bond donors (Lipinski definition) is 0. The summed E-state index contributed by atoms with van der Waals surface area (Å²) in [6.45, 7) is 4.65. The fourth-order valence-corrected chi connectivity index (χ4v) is 3.79. The number of hydrogen-bond acceptors (Lipinski definition) is 3. The number of likely N-dealkylation sites (tertiary alicyclic amines) is 1. The molecule has 2 aromatic heterocycles. The topological polar surface area (TPSA) is 33.4 Å². The molecule has 0 N–H and O–H groups in total. The fraction of sp³-hybridized carbons (Fsp3) is 0.368. The largest absolute Gasteiger partial charge is 0.298 e. The second kappa shape index (κ2) is 6.32. The van der Waals surface area contributed by atoms with Gasteiger partial charge in [0.2, 0.25) is 0 Å². The summed E-state index contributed by atoms with van der Waals surface area (Å²) < 4.78 is 15.8. The average molecular weight is 324 g/mol. The zero-order valence-electron chi connectivity index (χ0n) is 13.8. The molecule has 3 aromatic rings. The van der Waals surface area contributed by atoms with Crippen LogP contribution >= 0.6 is 0 Å². The number of piperidine rings is 1. The summed E-state index contributed by atoms with van der Waals surface area (Å²) >= 11 is 0. The molecule has 1 atom stereocenters.